The molecule has 2 heterocycles. The van der Waals surface area contributed by atoms with Crippen molar-refractivity contribution in [2.75, 3.05) is 19.6 Å². The fraction of sp³-hybridized carbons (Fsp3) is 0.533. The molecule has 1 aromatic rings. The lowest BCUT2D eigenvalue weighted by molar-refractivity contribution is 0.117. The standard InChI is InChI=1S/C15H18ClN3/c16-14-6-11(7-17)3-4-13(14)10-19-5-1-2-12-8-18-9-15(12)19/h3-4,6,12,15,18H,1-2,5,8-10H2. The molecule has 2 unspecified atom stereocenters. The van der Waals surface area contributed by atoms with Gasteiger partial charge in [0.05, 0.1) is 11.6 Å². The van der Waals surface area contributed by atoms with Crippen LogP contribution in [0.3, 0.4) is 0 Å². The fourth-order valence-corrected chi connectivity index (χ4v) is 3.56. The number of nitriles is 1. The second-order valence-electron chi connectivity index (χ2n) is 5.52. The predicted octanol–water partition coefficient (Wildman–Crippen LogP) is 2.40. The first-order chi connectivity index (χ1) is 9.28. The summed E-state index contributed by atoms with van der Waals surface area (Å²) in [6.07, 6.45) is 2.62. The normalized spacial score (nSPS) is 26.9. The second-order valence-corrected chi connectivity index (χ2v) is 5.92. The predicted molar refractivity (Wildman–Crippen MR) is 76.0 cm³/mol. The van der Waals surface area contributed by atoms with Gasteiger partial charge in [0.15, 0.2) is 0 Å². The molecule has 1 N–H and O–H groups in total. The van der Waals surface area contributed by atoms with Crippen LogP contribution in [0.5, 0.6) is 0 Å². The molecule has 0 saturated carbocycles. The molecule has 2 aliphatic rings. The highest BCUT2D eigenvalue weighted by molar-refractivity contribution is 6.31. The van der Waals surface area contributed by atoms with E-state index >= 15 is 0 Å². The lowest BCUT2D eigenvalue weighted by atomic mass is 9.91. The number of nitrogens with zero attached hydrogens (tertiary/aromatic N) is 2. The third kappa shape index (κ3) is 2.62. The van der Waals surface area contributed by atoms with Crippen LogP contribution in [0.15, 0.2) is 18.2 Å². The van der Waals surface area contributed by atoms with Crippen molar-refractivity contribution >= 4 is 11.6 Å². The number of likely N-dealkylation sites (tertiary alicyclic amines) is 1. The van der Waals surface area contributed by atoms with E-state index in [1.165, 1.54) is 12.8 Å². The molecule has 4 heteroatoms. The third-order valence-electron chi connectivity index (χ3n) is 4.35. The summed E-state index contributed by atoms with van der Waals surface area (Å²) < 4.78 is 0. The van der Waals surface area contributed by atoms with Gasteiger partial charge in [-0.3, -0.25) is 4.90 Å². The van der Waals surface area contributed by atoms with Crippen molar-refractivity contribution in [1.29, 1.82) is 5.26 Å². The summed E-state index contributed by atoms with van der Waals surface area (Å²) in [6.45, 7) is 4.30. The van der Waals surface area contributed by atoms with E-state index in [2.05, 4.69) is 16.3 Å². The van der Waals surface area contributed by atoms with Gasteiger partial charge >= 0.3 is 0 Å². The molecule has 100 valence electrons. The van der Waals surface area contributed by atoms with Crippen LogP contribution in [0, 0.1) is 17.2 Å². The van der Waals surface area contributed by atoms with E-state index in [-0.39, 0.29) is 0 Å². The summed E-state index contributed by atoms with van der Waals surface area (Å²) in [5, 5.41) is 13.1. The van der Waals surface area contributed by atoms with Gasteiger partial charge in [-0.15, -0.1) is 0 Å². The number of rotatable bonds is 2. The SMILES string of the molecule is N#Cc1ccc(CN2CCCC3CNCC32)c(Cl)c1. The van der Waals surface area contributed by atoms with E-state index in [1.807, 2.05) is 12.1 Å². The molecule has 3 nitrogen and oxygen atoms in total. The van der Waals surface area contributed by atoms with E-state index in [0.717, 1.165) is 37.7 Å². The van der Waals surface area contributed by atoms with Crippen molar-refractivity contribution in [1.82, 2.24) is 10.2 Å². The molecular weight excluding hydrogens is 258 g/mol. The largest absolute Gasteiger partial charge is 0.315 e. The maximum atomic E-state index is 8.87. The number of hydrogen-bond acceptors (Lipinski definition) is 3. The molecule has 0 aliphatic carbocycles. The van der Waals surface area contributed by atoms with Crippen molar-refractivity contribution in [2.45, 2.75) is 25.4 Å². The first kappa shape index (κ1) is 12.9. The van der Waals surface area contributed by atoms with Crippen LogP contribution in [0.2, 0.25) is 5.02 Å². The van der Waals surface area contributed by atoms with Gasteiger partial charge in [-0.2, -0.15) is 5.26 Å². The Labute approximate surface area is 119 Å². The molecule has 3 rings (SSSR count). The van der Waals surface area contributed by atoms with Gasteiger partial charge < -0.3 is 5.32 Å². The van der Waals surface area contributed by atoms with Crippen LogP contribution in [0.25, 0.3) is 0 Å². The van der Waals surface area contributed by atoms with Gasteiger partial charge in [-0.1, -0.05) is 17.7 Å². The smallest absolute Gasteiger partial charge is 0.0992 e. The Morgan fingerprint density at radius 2 is 2.32 bits per heavy atom. The summed E-state index contributed by atoms with van der Waals surface area (Å²) >= 11 is 6.28. The highest BCUT2D eigenvalue weighted by Crippen LogP contribution is 2.29. The molecule has 0 amide bonds. The molecule has 2 saturated heterocycles. The van der Waals surface area contributed by atoms with Gasteiger partial charge in [-0.25, -0.2) is 0 Å². The molecule has 0 radical (unpaired) electrons. The van der Waals surface area contributed by atoms with Crippen LogP contribution in [-0.2, 0) is 6.54 Å². The van der Waals surface area contributed by atoms with E-state index in [9.17, 15) is 0 Å². The topological polar surface area (TPSA) is 39.1 Å². The molecule has 19 heavy (non-hydrogen) atoms. The van der Waals surface area contributed by atoms with E-state index in [1.54, 1.807) is 6.07 Å². The van der Waals surface area contributed by atoms with E-state index in [0.29, 0.717) is 16.6 Å². The van der Waals surface area contributed by atoms with Crippen molar-refractivity contribution in [3.8, 4) is 6.07 Å². The Hall–Kier alpha value is -1.08. The van der Waals surface area contributed by atoms with Gasteiger partial charge in [0.2, 0.25) is 0 Å². The summed E-state index contributed by atoms with van der Waals surface area (Å²) in [5.41, 5.74) is 1.76. The van der Waals surface area contributed by atoms with Crippen LogP contribution in [-0.4, -0.2) is 30.6 Å². The monoisotopic (exact) mass is 275 g/mol. The molecule has 1 aromatic carbocycles. The molecule has 2 aliphatic heterocycles. The van der Waals surface area contributed by atoms with Crippen LogP contribution >= 0.6 is 11.6 Å². The van der Waals surface area contributed by atoms with Crippen molar-refractivity contribution in [2.24, 2.45) is 5.92 Å². The molecule has 0 spiro atoms. The van der Waals surface area contributed by atoms with Crippen molar-refractivity contribution in [3.63, 3.8) is 0 Å². The Morgan fingerprint density at radius 1 is 1.42 bits per heavy atom. The zero-order valence-electron chi connectivity index (χ0n) is 10.9. The lowest BCUT2D eigenvalue weighted by Gasteiger charge is -2.37. The van der Waals surface area contributed by atoms with Crippen molar-refractivity contribution < 1.29 is 0 Å². The number of fused-ring (bicyclic) bond motifs is 1. The quantitative estimate of drug-likeness (QED) is 0.901. The average molecular weight is 276 g/mol. The fourth-order valence-electron chi connectivity index (χ4n) is 3.32. The Balaban J connectivity index is 1.75. The number of halogens is 1. The average Bonchev–Trinajstić information content (AvgIpc) is 2.90. The van der Waals surface area contributed by atoms with E-state index < -0.39 is 0 Å². The highest BCUT2D eigenvalue weighted by Gasteiger charge is 2.34. The summed E-state index contributed by atoms with van der Waals surface area (Å²) in [4.78, 5) is 2.54. The highest BCUT2D eigenvalue weighted by atomic mass is 35.5. The number of benzene rings is 1. The Bertz CT molecular complexity index is 509. The summed E-state index contributed by atoms with van der Waals surface area (Å²) in [5.74, 6) is 0.797. The van der Waals surface area contributed by atoms with Crippen LogP contribution in [0.4, 0.5) is 0 Å². The van der Waals surface area contributed by atoms with Crippen molar-refractivity contribution in [3.05, 3.63) is 34.3 Å². The zero-order valence-corrected chi connectivity index (χ0v) is 11.7. The Kier molecular flexibility index (Phi) is 3.74. The van der Waals surface area contributed by atoms with Crippen LogP contribution in [0.1, 0.15) is 24.0 Å². The first-order valence-corrected chi connectivity index (χ1v) is 7.29. The van der Waals surface area contributed by atoms with Gasteiger partial charge in [0, 0.05) is 24.2 Å². The first-order valence-electron chi connectivity index (χ1n) is 6.91. The van der Waals surface area contributed by atoms with Gasteiger partial charge in [-0.05, 0) is 49.5 Å². The zero-order chi connectivity index (χ0) is 13.2. The number of piperidine rings is 1. The molecule has 2 atom stereocenters. The van der Waals surface area contributed by atoms with Gasteiger partial charge in [0.25, 0.3) is 0 Å². The number of hydrogen-bond donors (Lipinski definition) is 1. The van der Waals surface area contributed by atoms with E-state index in [4.69, 9.17) is 16.9 Å². The molecule has 0 bridgehead atoms. The third-order valence-corrected chi connectivity index (χ3v) is 4.70. The maximum absolute atomic E-state index is 8.87. The molecule has 2 fully saturated rings. The maximum Gasteiger partial charge on any atom is 0.0992 e. The molecular formula is C15H18ClN3. The minimum atomic E-state index is 0.632. The number of nitrogens with one attached hydrogen (secondary N) is 1. The molecule has 0 aromatic heterocycles. The van der Waals surface area contributed by atoms with Crippen LogP contribution < -0.4 is 5.32 Å². The minimum Gasteiger partial charge on any atom is -0.315 e. The summed E-state index contributed by atoms with van der Waals surface area (Å²) in [6, 6.07) is 8.40. The second kappa shape index (κ2) is 5.50. The van der Waals surface area contributed by atoms with Gasteiger partial charge in [0.1, 0.15) is 0 Å². The minimum absolute atomic E-state index is 0.632. The Morgan fingerprint density at radius 3 is 3.11 bits per heavy atom. The lowest BCUT2D eigenvalue weighted by Crippen LogP contribution is -2.44. The summed E-state index contributed by atoms with van der Waals surface area (Å²) in [7, 11) is 0.